The van der Waals surface area contributed by atoms with Crippen LogP contribution < -0.4 is 11.1 Å². The molecule has 1 aliphatic rings. The minimum Gasteiger partial charge on any atom is -0.369 e. The number of rotatable bonds is 3. The van der Waals surface area contributed by atoms with Gasteiger partial charge in [0.2, 0.25) is 11.2 Å². The van der Waals surface area contributed by atoms with Gasteiger partial charge in [0.25, 0.3) is 0 Å². The average molecular weight is 275 g/mol. The second-order valence-corrected chi connectivity index (χ2v) is 4.77. The summed E-state index contributed by atoms with van der Waals surface area (Å²) < 4.78 is 0. The SMILES string of the molecule is NC(=O)C1CCCC1Nc1nc(Cl)ncc1Cl. The summed E-state index contributed by atoms with van der Waals surface area (Å²) in [4.78, 5) is 19.0. The lowest BCUT2D eigenvalue weighted by molar-refractivity contribution is -0.121. The second kappa shape index (κ2) is 5.06. The molecule has 0 aliphatic heterocycles. The first kappa shape index (κ1) is 12.4. The van der Waals surface area contributed by atoms with Crippen LogP contribution in [0.1, 0.15) is 19.3 Å². The summed E-state index contributed by atoms with van der Waals surface area (Å²) in [7, 11) is 0. The van der Waals surface area contributed by atoms with Gasteiger partial charge in [-0.25, -0.2) is 4.98 Å². The molecular formula is C10H12Cl2N4O. The van der Waals surface area contributed by atoms with Crippen molar-refractivity contribution in [1.82, 2.24) is 9.97 Å². The number of nitrogens with two attached hydrogens (primary N) is 1. The van der Waals surface area contributed by atoms with Crippen molar-refractivity contribution >= 4 is 34.9 Å². The highest BCUT2D eigenvalue weighted by molar-refractivity contribution is 6.33. The fraction of sp³-hybridized carbons (Fsp3) is 0.500. The molecule has 1 saturated carbocycles. The minimum absolute atomic E-state index is 0.0315. The van der Waals surface area contributed by atoms with E-state index in [4.69, 9.17) is 28.9 Å². The summed E-state index contributed by atoms with van der Waals surface area (Å²) in [5, 5.41) is 3.61. The first-order valence-electron chi connectivity index (χ1n) is 5.32. The van der Waals surface area contributed by atoms with E-state index in [1.165, 1.54) is 6.20 Å². The molecule has 2 unspecified atom stereocenters. The summed E-state index contributed by atoms with van der Waals surface area (Å²) in [5.41, 5.74) is 5.34. The molecule has 1 aromatic heterocycles. The molecule has 0 aromatic carbocycles. The van der Waals surface area contributed by atoms with E-state index < -0.39 is 0 Å². The molecule has 1 aromatic rings. The van der Waals surface area contributed by atoms with Crippen molar-refractivity contribution in [2.75, 3.05) is 5.32 Å². The average Bonchev–Trinajstić information content (AvgIpc) is 2.71. The van der Waals surface area contributed by atoms with Gasteiger partial charge in [-0.1, -0.05) is 18.0 Å². The smallest absolute Gasteiger partial charge is 0.224 e. The van der Waals surface area contributed by atoms with Crippen LogP contribution in [0.4, 0.5) is 5.82 Å². The fourth-order valence-corrected chi connectivity index (χ4v) is 2.37. The minimum atomic E-state index is -0.295. The van der Waals surface area contributed by atoms with Gasteiger partial charge in [-0.15, -0.1) is 0 Å². The third-order valence-electron chi connectivity index (χ3n) is 2.92. The van der Waals surface area contributed by atoms with Crippen LogP contribution >= 0.6 is 23.2 Å². The summed E-state index contributed by atoms with van der Waals surface area (Å²) >= 11 is 11.6. The van der Waals surface area contributed by atoms with Crippen LogP contribution in [-0.4, -0.2) is 21.9 Å². The molecular weight excluding hydrogens is 263 g/mol. The van der Waals surface area contributed by atoms with Gasteiger partial charge in [-0.2, -0.15) is 4.98 Å². The maximum Gasteiger partial charge on any atom is 0.224 e. The van der Waals surface area contributed by atoms with E-state index in [1.54, 1.807) is 0 Å². The van der Waals surface area contributed by atoms with Crippen molar-refractivity contribution in [3.8, 4) is 0 Å². The molecule has 0 bridgehead atoms. The highest BCUT2D eigenvalue weighted by Gasteiger charge is 2.32. The van der Waals surface area contributed by atoms with Gasteiger partial charge in [0, 0.05) is 6.04 Å². The maximum atomic E-state index is 11.2. The van der Waals surface area contributed by atoms with Crippen molar-refractivity contribution in [3.05, 3.63) is 16.5 Å². The van der Waals surface area contributed by atoms with Crippen molar-refractivity contribution < 1.29 is 4.79 Å². The standard InChI is InChI=1S/C10H12Cl2N4O/c11-6-4-14-10(12)16-9(6)15-7-3-1-2-5(7)8(13)17/h4-5,7H,1-3H2,(H2,13,17)(H,14,15,16). The first-order chi connectivity index (χ1) is 8.08. The number of anilines is 1. The highest BCUT2D eigenvalue weighted by Crippen LogP contribution is 2.30. The number of amides is 1. The van der Waals surface area contributed by atoms with E-state index in [2.05, 4.69) is 15.3 Å². The Morgan fingerprint density at radius 2 is 2.24 bits per heavy atom. The lowest BCUT2D eigenvalue weighted by atomic mass is 10.0. The Bertz CT molecular complexity index is 440. The number of halogens is 2. The number of hydrogen-bond acceptors (Lipinski definition) is 4. The van der Waals surface area contributed by atoms with Crippen LogP contribution in [0.15, 0.2) is 6.20 Å². The normalized spacial score (nSPS) is 23.6. The highest BCUT2D eigenvalue weighted by atomic mass is 35.5. The van der Waals surface area contributed by atoms with Gasteiger partial charge in [-0.3, -0.25) is 4.79 Å². The quantitative estimate of drug-likeness (QED) is 0.825. The van der Waals surface area contributed by atoms with Crippen LogP contribution in [0.25, 0.3) is 0 Å². The van der Waals surface area contributed by atoms with Crippen LogP contribution in [0.5, 0.6) is 0 Å². The summed E-state index contributed by atoms with van der Waals surface area (Å²) in [6.07, 6.45) is 4.05. The van der Waals surface area contributed by atoms with Crippen LogP contribution in [0.2, 0.25) is 10.3 Å². The monoisotopic (exact) mass is 274 g/mol. The maximum absolute atomic E-state index is 11.2. The van der Waals surface area contributed by atoms with Gasteiger partial charge in [0.15, 0.2) is 0 Å². The molecule has 7 heteroatoms. The Labute approximate surface area is 109 Å². The van der Waals surface area contributed by atoms with Crippen molar-refractivity contribution in [2.24, 2.45) is 11.7 Å². The van der Waals surface area contributed by atoms with Crippen LogP contribution in [0, 0.1) is 5.92 Å². The Hall–Kier alpha value is -1.07. The van der Waals surface area contributed by atoms with Gasteiger partial charge >= 0.3 is 0 Å². The molecule has 0 saturated heterocycles. The molecule has 2 atom stereocenters. The van der Waals surface area contributed by atoms with Gasteiger partial charge in [-0.05, 0) is 24.4 Å². The molecule has 1 heterocycles. The summed E-state index contributed by atoms with van der Waals surface area (Å²) in [5.74, 6) is -0.0269. The van der Waals surface area contributed by atoms with Crippen LogP contribution in [0.3, 0.4) is 0 Å². The second-order valence-electron chi connectivity index (χ2n) is 4.03. The largest absolute Gasteiger partial charge is 0.369 e. The summed E-state index contributed by atoms with van der Waals surface area (Å²) in [6.45, 7) is 0. The van der Waals surface area contributed by atoms with Crippen LogP contribution in [-0.2, 0) is 4.79 Å². The zero-order valence-electron chi connectivity index (χ0n) is 8.99. The van der Waals surface area contributed by atoms with Crippen molar-refractivity contribution in [3.63, 3.8) is 0 Å². The number of carbonyl (C=O) groups excluding carboxylic acids is 1. The molecule has 0 radical (unpaired) electrons. The molecule has 3 N–H and O–H groups in total. The molecule has 1 amide bonds. The predicted molar refractivity (Wildman–Crippen MR) is 66.0 cm³/mol. The Morgan fingerprint density at radius 1 is 1.47 bits per heavy atom. The zero-order chi connectivity index (χ0) is 12.4. The molecule has 2 rings (SSSR count). The zero-order valence-corrected chi connectivity index (χ0v) is 10.5. The molecule has 92 valence electrons. The Morgan fingerprint density at radius 3 is 2.94 bits per heavy atom. The van der Waals surface area contributed by atoms with E-state index in [0.29, 0.717) is 10.8 Å². The number of carbonyl (C=O) groups is 1. The third kappa shape index (κ3) is 2.79. The lowest BCUT2D eigenvalue weighted by Gasteiger charge is -2.19. The fourth-order valence-electron chi connectivity index (χ4n) is 2.10. The molecule has 5 nitrogen and oxygen atoms in total. The number of hydrogen-bond donors (Lipinski definition) is 2. The number of nitrogens with one attached hydrogen (secondary N) is 1. The topological polar surface area (TPSA) is 80.9 Å². The number of primary amides is 1. The van der Waals surface area contributed by atoms with E-state index in [-0.39, 0.29) is 23.2 Å². The van der Waals surface area contributed by atoms with E-state index >= 15 is 0 Å². The van der Waals surface area contributed by atoms with E-state index in [9.17, 15) is 4.79 Å². The van der Waals surface area contributed by atoms with E-state index in [0.717, 1.165) is 19.3 Å². The number of aromatic nitrogens is 2. The molecule has 0 spiro atoms. The third-order valence-corrected chi connectivity index (χ3v) is 3.38. The molecule has 1 fully saturated rings. The van der Waals surface area contributed by atoms with Crippen molar-refractivity contribution in [2.45, 2.75) is 25.3 Å². The molecule has 1 aliphatic carbocycles. The summed E-state index contributed by atoms with van der Waals surface area (Å²) in [6, 6.07) is -0.0315. The first-order valence-corrected chi connectivity index (χ1v) is 6.07. The van der Waals surface area contributed by atoms with Gasteiger partial charge < -0.3 is 11.1 Å². The van der Waals surface area contributed by atoms with E-state index in [1.807, 2.05) is 0 Å². The van der Waals surface area contributed by atoms with Gasteiger partial charge in [0.1, 0.15) is 10.8 Å². The van der Waals surface area contributed by atoms with Crippen molar-refractivity contribution in [1.29, 1.82) is 0 Å². The molecule has 17 heavy (non-hydrogen) atoms. The Kier molecular flexibility index (Phi) is 3.69. The Balaban J connectivity index is 2.15. The number of nitrogens with zero attached hydrogens (tertiary/aromatic N) is 2. The predicted octanol–water partition coefficient (Wildman–Crippen LogP) is 1.85. The lowest BCUT2D eigenvalue weighted by Crippen LogP contribution is -2.34. The van der Waals surface area contributed by atoms with Gasteiger partial charge in [0.05, 0.1) is 12.1 Å².